The van der Waals surface area contributed by atoms with Crippen molar-refractivity contribution in [3.05, 3.63) is 29.8 Å². The van der Waals surface area contributed by atoms with Gasteiger partial charge in [0.15, 0.2) is 5.96 Å². The predicted octanol–water partition coefficient (Wildman–Crippen LogP) is 1.75. The van der Waals surface area contributed by atoms with Gasteiger partial charge in [-0.05, 0) is 24.5 Å². The first-order valence-electron chi connectivity index (χ1n) is 6.49. The summed E-state index contributed by atoms with van der Waals surface area (Å²) in [5.41, 5.74) is 1.41. The maximum absolute atomic E-state index is 11.9. The summed E-state index contributed by atoms with van der Waals surface area (Å²) in [5.74, 6) is 3.96. The van der Waals surface area contributed by atoms with Gasteiger partial charge in [0.1, 0.15) is 0 Å². The van der Waals surface area contributed by atoms with E-state index < -0.39 is 0 Å². The van der Waals surface area contributed by atoms with E-state index in [2.05, 4.69) is 26.9 Å². The fourth-order valence-electron chi connectivity index (χ4n) is 1.55. The van der Waals surface area contributed by atoms with E-state index in [1.807, 2.05) is 12.3 Å². The summed E-state index contributed by atoms with van der Waals surface area (Å²) >= 11 is 1.74. The Balaban J connectivity index is 0.00000441. The van der Waals surface area contributed by atoms with Crippen LogP contribution in [0.5, 0.6) is 0 Å². The molecular weight excluding hydrogens is 411 g/mol. The van der Waals surface area contributed by atoms with Gasteiger partial charge in [-0.3, -0.25) is 9.79 Å². The first kappa shape index (κ1) is 20.6. The molecule has 0 aliphatic rings. The zero-order valence-corrected chi connectivity index (χ0v) is 15.8. The third-order valence-corrected chi connectivity index (χ3v) is 3.16. The molecule has 0 aliphatic heterocycles. The minimum atomic E-state index is -0.156. The number of nitrogens with one attached hydrogen (secondary N) is 3. The van der Waals surface area contributed by atoms with E-state index in [9.17, 15) is 4.79 Å². The highest BCUT2D eigenvalue weighted by Crippen LogP contribution is 2.09. The number of carbonyl (C=O) groups excluding carboxylic acids is 1. The molecule has 0 fully saturated rings. The SMILES string of the molecule is C#Cc1cccc(NC(=O)CNC(=NC)NCCSC)c1.I. The maximum Gasteiger partial charge on any atom is 0.243 e. The predicted molar refractivity (Wildman–Crippen MR) is 106 cm³/mol. The van der Waals surface area contributed by atoms with E-state index in [-0.39, 0.29) is 36.4 Å². The number of benzene rings is 1. The molecule has 0 unspecified atom stereocenters. The van der Waals surface area contributed by atoms with Crippen LogP contribution in [-0.2, 0) is 4.79 Å². The molecule has 120 valence electrons. The second-order valence-electron chi connectivity index (χ2n) is 4.12. The van der Waals surface area contributed by atoms with Crippen LogP contribution < -0.4 is 16.0 Å². The normalized spacial score (nSPS) is 10.1. The zero-order chi connectivity index (χ0) is 15.5. The Hall–Kier alpha value is -1.40. The van der Waals surface area contributed by atoms with Gasteiger partial charge in [0.25, 0.3) is 0 Å². The van der Waals surface area contributed by atoms with Crippen molar-refractivity contribution < 1.29 is 4.79 Å². The van der Waals surface area contributed by atoms with Gasteiger partial charge in [-0.2, -0.15) is 11.8 Å². The van der Waals surface area contributed by atoms with Gasteiger partial charge >= 0.3 is 0 Å². The third kappa shape index (κ3) is 8.14. The summed E-state index contributed by atoms with van der Waals surface area (Å²) in [6.45, 7) is 0.936. The molecule has 7 heteroatoms. The van der Waals surface area contributed by atoms with Crippen molar-refractivity contribution in [1.82, 2.24) is 10.6 Å². The monoisotopic (exact) mass is 432 g/mol. The Bertz CT molecular complexity index is 543. The Kier molecular flexibility index (Phi) is 11.4. The zero-order valence-electron chi connectivity index (χ0n) is 12.7. The summed E-state index contributed by atoms with van der Waals surface area (Å²) in [5, 5.41) is 8.85. The highest BCUT2D eigenvalue weighted by molar-refractivity contribution is 14.0. The van der Waals surface area contributed by atoms with Crippen molar-refractivity contribution in [2.24, 2.45) is 4.99 Å². The molecule has 1 amide bonds. The topological polar surface area (TPSA) is 65.5 Å². The quantitative estimate of drug-likeness (QED) is 0.211. The van der Waals surface area contributed by atoms with E-state index in [0.29, 0.717) is 11.6 Å². The summed E-state index contributed by atoms with van der Waals surface area (Å²) in [6, 6.07) is 7.17. The highest BCUT2D eigenvalue weighted by atomic mass is 127. The lowest BCUT2D eigenvalue weighted by atomic mass is 10.2. The van der Waals surface area contributed by atoms with Gasteiger partial charge in [-0.25, -0.2) is 0 Å². The molecule has 3 N–H and O–H groups in total. The molecule has 0 radical (unpaired) electrons. The van der Waals surface area contributed by atoms with E-state index >= 15 is 0 Å². The molecule has 0 saturated carbocycles. The van der Waals surface area contributed by atoms with Crippen LogP contribution in [0.25, 0.3) is 0 Å². The molecule has 1 aromatic carbocycles. The van der Waals surface area contributed by atoms with E-state index in [1.54, 1.807) is 37.0 Å². The Morgan fingerprint density at radius 1 is 1.41 bits per heavy atom. The van der Waals surface area contributed by atoms with Crippen LogP contribution in [0.2, 0.25) is 0 Å². The number of carbonyl (C=O) groups is 1. The number of anilines is 1. The molecule has 0 bridgehead atoms. The summed E-state index contributed by atoms with van der Waals surface area (Å²) < 4.78 is 0. The summed E-state index contributed by atoms with van der Waals surface area (Å²) in [4.78, 5) is 15.9. The Morgan fingerprint density at radius 3 is 2.82 bits per heavy atom. The number of aliphatic imine (C=N–C) groups is 1. The fourth-order valence-corrected chi connectivity index (χ4v) is 1.85. The van der Waals surface area contributed by atoms with E-state index in [0.717, 1.165) is 17.9 Å². The number of amides is 1. The van der Waals surface area contributed by atoms with Gasteiger partial charge in [-0.1, -0.05) is 12.0 Å². The minimum absolute atomic E-state index is 0. The molecule has 22 heavy (non-hydrogen) atoms. The smallest absolute Gasteiger partial charge is 0.243 e. The molecule has 0 aromatic heterocycles. The van der Waals surface area contributed by atoms with E-state index in [4.69, 9.17) is 6.42 Å². The fraction of sp³-hybridized carbons (Fsp3) is 0.333. The molecule has 1 rings (SSSR count). The van der Waals surface area contributed by atoms with Crippen molar-refractivity contribution in [3.8, 4) is 12.3 Å². The van der Waals surface area contributed by atoms with Crippen LogP contribution in [0, 0.1) is 12.3 Å². The molecular formula is C15H21IN4OS. The van der Waals surface area contributed by atoms with Crippen LogP contribution >= 0.6 is 35.7 Å². The second-order valence-corrected chi connectivity index (χ2v) is 5.10. The van der Waals surface area contributed by atoms with E-state index in [1.165, 1.54) is 0 Å². The average Bonchev–Trinajstić information content (AvgIpc) is 2.51. The lowest BCUT2D eigenvalue weighted by molar-refractivity contribution is -0.115. The number of thioether (sulfide) groups is 1. The van der Waals surface area contributed by atoms with Crippen molar-refractivity contribution in [2.75, 3.05) is 37.5 Å². The third-order valence-electron chi connectivity index (χ3n) is 2.55. The Morgan fingerprint density at radius 2 is 2.18 bits per heavy atom. The first-order chi connectivity index (χ1) is 10.2. The molecule has 5 nitrogen and oxygen atoms in total. The van der Waals surface area contributed by atoms with Crippen LogP contribution in [-0.4, -0.2) is 44.0 Å². The molecule has 0 spiro atoms. The van der Waals surface area contributed by atoms with Crippen molar-refractivity contribution in [1.29, 1.82) is 0 Å². The van der Waals surface area contributed by atoms with Gasteiger partial charge in [0.2, 0.25) is 5.91 Å². The second kappa shape index (κ2) is 12.2. The first-order valence-corrected chi connectivity index (χ1v) is 7.89. The van der Waals surface area contributed by atoms with Crippen molar-refractivity contribution in [2.45, 2.75) is 0 Å². The van der Waals surface area contributed by atoms with Gasteiger partial charge in [0.05, 0.1) is 6.54 Å². The van der Waals surface area contributed by atoms with Crippen LogP contribution in [0.4, 0.5) is 5.69 Å². The van der Waals surface area contributed by atoms with Gasteiger partial charge in [-0.15, -0.1) is 30.4 Å². The molecule has 0 heterocycles. The largest absolute Gasteiger partial charge is 0.356 e. The average molecular weight is 432 g/mol. The molecule has 0 saturated heterocycles. The lowest BCUT2D eigenvalue weighted by Gasteiger charge is -2.11. The van der Waals surface area contributed by atoms with Gasteiger partial charge < -0.3 is 16.0 Å². The molecule has 1 aromatic rings. The van der Waals surface area contributed by atoms with Crippen molar-refractivity contribution >= 4 is 53.3 Å². The summed E-state index contributed by atoms with van der Waals surface area (Å²) in [6.07, 6.45) is 7.36. The number of halogens is 1. The number of hydrogen-bond donors (Lipinski definition) is 3. The van der Waals surface area contributed by atoms with Crippen molar-refractivity contribution in [3.63, 3.8) is 0 Å². The van der Waals surface area contributed by atoms with Crippen LogP contribution in [0.3, 0.4) is 0 Å². The number of terminal acetylenes is 1. The standard InChI is InChI=1S/C15H20N4OS.HI/c1-4-12-6-5-7-13(10-12)19-14(20)11-18-15(16-2)17-8-9-21-3;/h1,5-7,10H,8-9,11H2,2-3H3,(H,19,20)(H2,16,17,18);1H. The number of hydrogen-bond acceptors (Lipinski definition) is 3. The summed E-state index contributed by atoms with van der Waals surface area (Å²) in [7, 11) is 1.67. The Labute approximate surface area is 153 Å². The maximum atomic E-state index is 11.9. The van der Waals surface area contributed by atoms with Gasteiger partial charge in [0, 0.05) is 30.6 Å². The van der Waals surface area contributed by atoms with Crippen LogP contribution in [0.1, 0.15) is 5.56 Å². The number of guanidine groups is 1. The number of nitrogens with zero attached hydrogens (tertiary/aromatic N) is 1. The van der Waals surface area contributed by atoms with Crippen LogP contribution in [0.15, 0.2) is 29.3 Å². The number of rotatable bonds is 6. The minimum Gasteiger partial charge on any atom is -0.356 e. The highest BCUT2D eigenvalue weighted by Gasteiger charge is 2.04. The lowest BCUT2D eigenvalue weighted by Crippen LogP contribution is -2.42. The molecule has 0 atom stereocenters. The molecule has 0 aliphatic carbocycles.